The van der Waals surface area contributed by atoms with Crippen molar-refractivity contribution in [3.63, 3.8) is 0 Å². The van der Waals surface area contributed by atoms with Crippen LogP contribution in [0, 0.1) is 0 Å². The van der Waals surface area contributed by atoms with Gasteiger partial charge in [0.15, 0.2) is 0 Å². The second-order valence-corrected chi connectivity index (χ2v) is 3.05. The van der Waals surface area contributed by atoms with Crippen molar-refractivity contribution in [1.82, 2.24) is 0 Å². The minimum atomic E-state index is 0.604. The Bertz CT molecular complexity index is 347. The molecule has 0 fully saturated rings. The molecular weight excluding hydrogens is 178 g/mol. The minimum Gasteiger partial charge on any atom is -0.492 e. The average molecular weight is 191 g/mol. The van der Waals surface area contributed by atoms with E-state index in [1.54, 1.807) is 0 Å². The maximum atomic E-state index is 5.50. The Kier molecular flexibility index (Phi) is 2.68. The van der Waals surface area contributed by atoms with Gasteiger partial charge in [0.2, 0.25) is 0 Å². The van der Waals surface area contributed by atoms with Crippen molar-refractivity contribution >= 4 is 5.71 Å². The smallest absolute Gasteiger partial charge is 0.128 e. The molecule has 1 heterocycles. The Labute approximate surface area is 83.3 Å². The third kappa shape index (κ3) is 1.71. The van der Waals surface area contributed by atoms with Gasteiger partial charge in [-0.05, 0) is 19.1 Å². The van der Waals surface area contributed by atoms with Gasteiger partial charge in [0.05, 0.1) is 12.3 Å². The number of rotatable bonds is 2. The number of fused-ring (bicyclic) bond motifs is 1. The average Bonchev–Trinajstić information content (AvgIpc) is 2.26. The van der Waals surface area contributed by atoms with Crippen LogP contribution in [0.1, 0.15) is 18.9 Å². The second-order valence-electron chi connectivity index (χ2n) is 3.05. The molecule has 0 atom stereocenters. The molecule has 0 saturated carbocycles. The highest BCUT2D eigenvalue weighted by Crippen LogP contribution is 2.24. The molecule has 0 spiro atoms. The molecule has 0 aliphatic carbocycles. The van der Waals surface area contributed by atoms with Crippen molar-refractivity contribution in [1.29, 1.82) is 0 Å². The van der Waals surface area contributed by atoms with Gasteiger partial charge in [-0.15, -0.1) is 0 Å². The van der Waals surface area contributed by atoms with Crippen LogP contribution >= 0.6 is 0 Å². The Morgan fingerprint density at radius 1 is 1.43 bits per heavy atom. The van der Waals surface area contributed by atoms with E-state index in [0.717, 1.165) is 23.4 Å². The Morgan fingerprint density at radius 3 is 3.14 bits per heavy atom. The molecule has 1 aliphatic heterocycles. The van der Waals surface area contributed by atoms with Crippen LogP contribution in [0.2, 0.25) is 0 Å². The van der Waals surface area contributed by atoms with Crippen molar-refractivity contribution in [2.75, 3.05) is 13.2 Å². The molecule has 0 aromatic heterocycles. The molecule has 0 radical (unpaired) electrons. The first-order chi connectivity index (χ1) is 6.92. The van der Waals surface area contributed by atoms with Crippen molar-refractivity contribution in [2.24, 2.45) is 5.16 Å². The van der Waals surface area contributed by atoms with Crippen molar-refractivity contribution in [3.05, 3.63) is 29.8 Å². The minimum absolute atomic E-state index is 0.604. The summed E-state index contributed by atoms with van der Waals surface area (Å²) in [6.07, 6.45) is 0.816. The predicted molar refractivity (Wildman–Crippen MR) is 54.7 cm³/mol. The van der Waals surface area contributed by atoms with Crippen LogP contribution in [-0.4, -0.2) is 18.9 Å². The first-order valence-corrected chi connectivity index (χ1v) is 4.83. The zero-order valence-corrected chi connectivity index (χ0v) is 8.19. The lowest BCUT2D eigenvalue weighted by Crippen LogP contribution is -2.16. The van der Waals surface area contributed by atoms with E-state index in [2.05, 4.69) is 5.16 Å². The number of hydrogen-bond acceptors (Lipinski definition) is 3. The zero-order valence-electron chi connectivity index (χ0n) is 8.19. The third-order valence-corrected chi connectivity index (χ3v) is 2.10. The standard InChI is InChI=1S/C11H13NO2/c1-2-14-12-10-7-8-13-11-6-4-3-5-9(10)11/h3-6H,2,7-8H2,1H3. The van der Waals surface area contributed by atoms with E-state index in [9.17, 15) is 0 Å². The lowest BCUT2D eigenvalue weighted by molar-refractivity contribution is 0.157. The van der Waals surface area contributed by atoms with E-state index >= 15 is 0 Å². The molecule has 0 amide bonds. The van der Waals surface area contributed by atoms with Gasteiger partial charge in [-0.1, -0.05) is 17.3 Å². The van der Waals surface area contributed by atoms with Gasteiger partial charge in [-0.25, -0.2) is 0 Å². The fourth-order valence-electron chi connectivity index (χ4n) is 1.46. The molecule has 1 aliphatic rings. The molecule has 3 nitrogen and oxygen atoms in total. The molecule has 1 aromatic rings. The Balaban J connectivity index is 2.31. The summed E-state index contributed by atoms with van der Waals surface area (Å²) < 4.78 is 5.50. The quantitative estimate of drug-likeness (QED) is 0.671. The van der Waals surface area contributed by atoms with Crippen LogP contribution in [0.15, 0.2) is 29.4 Å². The highest BCUT2D eigenvalue weighted by molar-refractivity contribution is 6.03. The van der Waals surface area contributed by atoms with E-state index in [0.29, 0.717) is 13.2 Å². The maximum Gasteiger partial charge on any atom is 0.128 e. The zero-order chi connectivity index (χ0) is 9.80. The van der Waals surface area contributed by atoms with E-state index in [-0.39, 0.29) is 0 Å². The summed E-state index contributed by atoms with van der Waals surface area (Å²) in [7, 11) is 0. The van der Waals surface area contributed by atoms with Gasteiger partial charge < -0.3 is 9.57 Å². The van der Waals surface area contributed by atoms with Crippen LogP contribution < -0.4 is 4.74 Å². The summed E-state index contributed by atoms with van der Waals surface area (Å²) in [5.41, 5.74) is 2.03. The molecule has 3 heteroatoms. The van der Waals surface area contributed by atoms with Crippen LogP contribution in [0.5, 0.6) is 5.75 Å². The topological polar surface area (TPSA) is 30.8 Å². The largest absolute Gasteiger partial charge is 0.492 e. The van der Waals surface area contributed by atoms with Gasteiger partial charge >= 0.3 is 0 Å². The van der Waals surface area contributed by atoms with E-state index in [1.807, 2.05) is 31.2 Å². The van der Waals surface area contributed by atoms with Gasteiger partial charge in [0.25, 0.3) is 0 Å². The van der Waals surface area contributed by atoms with E-state index < -0.39 is 0 Å². The maximum absolute atomic E-state index is 5.50. The molecule has 1 aromatic carbocycles. The normalized spacial score (nSPS) is 17.4. The molecule has 0 saturated heterocycles. The lowest BCUT2D eigenvalue weighted by Gasteiger charge is -2.17. The monoisotopic (exact) mass is 191 g/mol. The fourth-order valence-corrected chi connectivity index (χ4v) is 1.46. The molecule has 74 valence electrons. The third-order valence-electron chi connectivity index (χ3n) is 2.10. The van der Waals surface area contributed by atoms with Gasteiger partial charge in [-0.3, -0.25) is 0 Å². The van der Waals surface area contributed by atoms with Crippen molar-refractivity contribution in [3.8, 4) is 5.75 Å². The number of nitrogens with zero attached hydrogens (tertiary/aromatic N) is 1. The predicted octanol–water partition coefficient (Wildman–Crippen LogP) is 2.21. The fraction of sp³-hybridized carbons (Fsp3) is 0.364. The first kappa shape index (κ1) is 9.06. The number of ether oxygens (including phenoxy) is 1. The highest BCUT2D eigenvalue weighted by atomic mass is 16.6. The number of oxime groups is 1. The molecule has 14 heavy (non-hydrogen) atoms. The summed E-state index contributed by atoms with van der Waals surface area (Å²) in [5.74, 6) is 0.900. The number of hydrogen-bond donors (Lipinski definition) is 0. The van der Waals surface area contributed by atoms with Crippen LogP contribution in [-0.2, 0) is 4.84 Å². The molecule has 0 N–H and O–H groups in total. The van der Waals surface area contributed by atoms with Crippen molar-refractivity contribution in [2.45, 2.75) is 13.3 Å². The van der Waals surface area contributed by atoms with Gasteiger partial charge in [0, 0.05) is 12.0 Å². The number of benzene rings is 1. The van der Waals surface area contributed by atoms with Crippen LogP contribution in [0.3, 0.4) is 0 Å². The van der Waals surface area contributed by atoms with E-state index in [4.69, 9.17) is 9.57 Å². The molecular formula is C11H13NO2. The van der Waals surface area contributed by atoms with Gasteiger partial charge in [0.1, 0.15) is 12.4 Å². The highest BCUT2D eigenvalue weighted by Gasteiger charge is 2.16. The molecule has 0 bridgehead atoms. The summed E-state index contributed by atoms with van der Waals surface area (Å²) in [4.78, 5) is 5.06. The van der Waals surface area contributed by atoms with Crippen LogP contribution in [0.25, 0.3) is 0 Å². The van der Waals surface area contributed by atoms with Crippen molar-refractivity contribution < 1.29 is 9.57 Å². The SMILES string of the molecule is CCON=C1CCOc2ccccc21. The summed E-state index contributed by atoms with van der Waals surface area (Å²) in [6.45, 7) is 3.21. The van der Waals surface area contributed by atoms with Gasteiger partial charge in [-0.2, -0.15) is 0 Å². The Morgan fingerprint density at radius 2 is 2.29 bits per heavy atom. The Hall–Kier alpha value is -1.51. The van der Waals surface area contributed by atoms with Crippen LogP contribution in [0.4, 0.5) is 0 Å². The second kappa shape index (κ2) is 4.13. The first-order valence-electron chi connectivity index (χ1n) is 4.83. The van der Waals surface area contributed by atoms with E-state index in [1.165, 1.54) is 0 Å². The lowest BCUT2D eigenvalue weighted by atomic mass is 10.0. The summed E-state index contributed by atoms with van der Waals surface area (Å²) >= 11 is 0. The summed E-state index contributed by atoms with van der Waals surface area (Å²) in [5, 5.41) is 4.08. The molecule has 0 unspecified atom stereocenters. The molecule has 2 rings (SSSR count). The summed E-state index contributed by atoms with van der Waals surface area (Å²) in [6, 6.07) is 7.90. The number of para-hydroxylation sites is 1.